The maximum Gasteiger partial charge on any atom is -0.00130 e. The lowest BCUT2D eigenvalue weighted by Gasteiger charge is -2.09. The Hall–Kier alpha value is -2.86. The molecular formula is C25H18. The van der Waals surface area contributed by atoms with Gasteiger partial charge in [-0.3, -0.25) is 0 Å². The molecule has 25 heavy (non-hydrogen) atoms. The highest BCUT2D eigenvalue weighted by molar-refractivity contribution is 6.02. The predicted octanol–water partition coefficient (Wildman–Crippen LogP) is 6.29. The van der Waals surface area contributed by atoms with E-state index >= 15 is 0 Å². The summed E-state index contributed by atoms with van der Waals surface area (Å²) in [6.45, 7) is 2.19. The standard InChI is InChI=1S/C25H18/c1-15-6-9-21-18(10-15)12-19-14-24-20(13-23(19)21)11-17-8-7-16-4-2-3-5-22(16)25(17)24/h2-10,13-14H,11-12H2,1H3. The molecule has 0 saturated heterocycles. The molecule has 0 heteroatoms. The van der Waals surface area contributed by atoms with E-state index in [1.807, 2.05) is 0 Å². The molecular weight excluding hydrogens is 300 g/mol. The van der Waals surface area contributed by atoms with E-state index in [2.05, 4.69) is 73.7 Å². The van der Waals surface area contributed by atoms with E-state index in [1.54, 1.807) is 0 Å². The number of fused-ring (bicyclic) bond motifs is 8. The molecule has 0 N–H and O–H groups in total. The molecule has 4 aromatic rings. The van der Waals surface area contributed by atoms with Crippen LogP contribution in [0.4, 0.5) is 0 Å². The Morgan fingerprint density at radius 2 is 1.36 bits per heavy atom. The Bertz CT molecular complexity index is 1190. The molecule has 0 atom stereocenters. The average Bonchev–Trinajstić information content (AvgIpc) is 3.16. The van der Waals surface area contributed by atoms with Gasteiger partial charge in [-0.25, -0.2) is 0 Å². The minimum atomic E-state index is 1.06. The number of benzene rings is 4. The fraction of sp³-hybridized carbons (Fsp3) is 0.120. The molecule has 6 rings (SSSR count). The largest absolute Gasteiger partial charge is 0.0616 e. The van der Waals surface area contributed by atoms with Crippen molar-refractivity contribution in [3.05, 3.63) is 94.5 Å². The van der Waals surface area contributed by atoms with Crippen LogP contribution in [0.3, 0.4) is 0 Å². The van der Waals surface area contributed by atoms with Crippen molar-refractivity contribution >= 4 is 10.8 Å². The van der Waals surface area contributed by atoms with E-state index in [1.165, 1.54) is 60.8 Å². The molecule has 0 nitrogen and oxygen atoms in total. The van der Waals surface area contributed by atoms with Crippen LogP contribution in [0, 0.1) is 6.92 Å². The molecule has 0 aromatic heterocycles. The SMILES string of the molecule is Cc1ccc2c(c1)Cc1cc3c(cc1-2)Cc1ccc2ccccc2c1-3. The highest BCUT2D eigenvalue weighted by Crippen LogP contribution is 2.46. The first-order chi connectivity index (χ1) is 12.3. The molecule has 0 bridgehead atoms. The van der Waals surface area contributed by atoms with Gasteiger partial charge in [-0.2, -0.15) is 0 Å². The second kappa shape index (κ2) is 4.61. The van der Waals surface area contributed by atoms with Crippen molar-refractivity contribution in [2.75, 3.05) is 0 Å². The monoisotopic (exact) mass is 318 g/mol. The van der Waals surface area contributed by atoms with Gasteiger partial charge in [0.1, 0.15) is 0 Å². The third kappa shape index (κ3) is 1.77. The van der Waals surface area contributed by atoms with Gasteiger partial charge in [-0.05, 0) is 87.2 Å². The zero-order valence-corrected chi connectivity index (χ0v) is 14.3. The molecule has 0 unspecified atom stereocenters. The normalized spacial score (nSPS) is 13.5. The summed E-state index contributed by atoms with van der Waals surface area (Å²) < 4.78 is 0. The van der Waals surface area contributed by atoms with Crippen LogP contribution in [0.1, 0.15) is 27.8 Å². The van der Waals surface area contributed by atoms with E-state index < -0.39 is 0 Å². The number of hydrogen-bond acceptors (Lipinski definition) is 0. The Morgan fingerprint density at radius 3 is 2.32 bits per heavy atom. The summed E-state index contributed by atoms with van der Waals surface area (Å²) in [4.78, 5) is 0. The lowest BCUT2D eigenvalue weighted by Crippen LogP contribution is -1.86. The summed E-state index contributed by atoms with van der Waals surface area (Å²) in [7, 11) is 0. The zero-order valence-electron chi connectivity index (χ0n) is 14.3. The Labute approximate surface area is 147 Å². The molecule has 118 valence electrons. The third-order valence-electron chi connectivity index (χ3n) is 5.93. The maximum atomic E-state index is 2.47. The number of hydrogen-bond donors (Lipinski definition) is 0. The van der Waals surface area contributed by atoms with Crippen LogP contribution in [-0.4, -0.2) is 0 Å². The summed E-state index contributed by atoms with van der Waals surface area (Å²) in [5.74, 6) is 0. The Morgan fingerprint density at radius 1 is 0.600 bits per heavy atom. The highest BCUT2D eigenvalue weighted by Gasteiger charge is 2.26. The van der Waals surface area contributed by atoms with Crippen LogP contribution in [-0.2, 0) is 12.8 Å². The van der Waals surface area contributed by atoms with Gasteiger partial charge in [0.15, 0.2) is 0 Å². The van der Waals surface area contributed by atoms with E-state index in [9.17, 15) is 0 Å². The fourth-order valence-corrected chi connectivity index (χ4v) is 4.79. The number of rotatable bonds is 0. The van der Waals surface area contributed by atoms with Crippen molar-refractivity contribution in [3.63, 3.8) is 0 Å². The second-order valence-corrected chi connectivity index (χ2v) is 7.50. The zero-order chi connectivity index (χ0) is 16.5. The van der Waals surface area contributed by atoms with Crippen molar-refractivity contribution in [2.24, 2.45) is 0 Å². The van der Waals surface area contributed by atoms with Crippen molar-refractivity contribution < 1.29 is 0 Å². The predicted molar refractivity (Wildman–Crippen MR) is 105 cm³/mol. The summed E-state index contributed by atoms with van der Waals surface area (Å²) in [6.07, 6.45) is 2.13. The van der Waals surface area contributed by atoms with Gasteiger partial charge in [-0.1, -0.05) is 60.2 Å². The quantitative estimate of drug-likeness (QED) is 0.309. The Balaban J connectivity index is 1.61. The fourth-order valence-electron chi connectivity index (χ4n) is 4.79. The van der Waals surface area contributed by atoms with Crippen LogP contribution >= 0.6 is 0 Å². The van der Waals surface area contributed by atoms with Gasteiger partial charge >= 0.3 is 0 Å². The summed E-state index contributed by atoms with van der Waals surface area (Å²) >= 11 is 0. The maximum absolute atomic E-state index is 2.47. The minimum Gasteiger partial charge on any atom is -0.0616 e. The number of aryl methyl sites for hydroxylation is 1. The van der Waals surface area contributed by atoms with Crippen LogP contribution in [0.15, 0.2) is 66.7 Å². The van der Waals surface area contributed by atoms with Gasteiger partial charge in [-0.15, -0.1) is 0 Å². The van der Waals surface area contributed by atoms with Crippen LogP contribution in [0.5, 0.6) is 0 Å². The van der Waals surface area contributed by atoms with E-state index in [-0.39, 0.29) is 0 Å². The summed E-state index contributed by atoms with van der Waals surface area (Å²) in [5.41, 5.74) is 13.1. The molecule has 0 fully saturated rings. The van der Waals surface area contributed by atoms with Crippen LogP contribution in [0.2, 0.25) is 0 Å². The van der Waals surface area contributed by atoms with Crippen molar-refractivity contribution in [2.45, 2.75) is 19.8 Å². The van der Waals surface area contributed by atoms with Gasteiger partial charge in [0.25, 0.3) is 0 Å². The molecule has 4 aromatic carbocycles. The topological polar surface area (TPSA) is 0 Å². The smallest absolute Gasteiger partial charge is 0.00130 e. The van der Waals surface area contributed by atoms with E-state index in [0.29, 0.717) is 0 Å². The molecule has 2 aliphatic rings. The third-order valence-corrected chi connectivity index (χ3v) is 5.93. The summed E-state index contributed by atoms with van der Waals surface area (Å²) in [5, 5.41) is 2.73. The van der Waals surface area contributed by atoms with Crippen molar-refractivity contribution in [3.8, 4) is 22.3 Å². The molecule has 0 aliphatic heterocycles. The molecule has 2 aliphatic carbocycles. The molecule has 0 heterocycles. The Kier molecular flexibility index (Phi) is 2.48. The minimum absolute atomic E-state index is 1.06. The lowest BCUT2D eigenvalue weighted by atomic mass is 9.95. The van der Waals surface area contributed by atoms with Gasteiger partial charge < -0.3 is 0 Å². The van der Waals surface area contributed by atoms with Crippen molar-refractivity contribution in [1.82, 2.24) is 0 Å². The first kappa shape index (κ1) is 13.4. The summed E-state index contributed by atoms with van der Waals surface area (Å²) in [6, 6.07) is 25.2. The first-order valence-corrected chi connectivity index (χ1v) is 9.04. The molecule has 0 radical (unpaired) electrons. The van der Waals surface area contributed by atoms with Crippen LogP contribution in [0.25, 0.3) is 33.0 Å². The van der Waals surface area contributed by atoms with E-state index in [0.717, 1.165) is 12.8 Å². The van der Waals surface area contributed by atoms with Crippen LogP contribution < -0.4 is 0 Å². The molecule has 0 amide bonds. The first-order valence-electron chi connectivity index (χ1n) is 9.04. The van der Waals surface area contributed by atoms with Gasteiger partial charge in [0, 0.05) is 0 Å². The van der Waals surface area contributed by atoms with Crippen molar-refractivity contribution in [1.29, 1.82) is 0 Å². The molecule has 0 spiro atoms. The average molecular weight is 318 g/mol. The highest BCUT2D eigenvalue weighted by atomic mass is 14.3. The second-order valence-electron chi connectivity index (χ2n) is 7.50. The molecule has 0 saturated carbocycles. The van der Waals surface area contributed by atoms with Gasteiger partial charge in [0.05, 0.1) is 0 Å². The lowest BCUT2D eigenvalue weighted by molar-refractivity contribution is 1.23. The van der Waals surface area contributed by atoms with Gasteiger partial charge in [0.2, 0.25) is 0 Å². The van der Waals surface area contributed by atoms with E-state index in [4.69, 9.17) is 0 Å².